The Morgan fingerprint density at radius 1 is 1.29 bits per heavy atom. The number of unbranched alkanes of at least 4 members (excludes halogenated alkanes) is 1. The number of nitrogens with one attached hydrogen (secondary N) is 1. The van der Waals surface area contributed by atoms with Gasteiger partial charge < -0.3 is 15.2 Å². The highest BCUT2D eigenvalue weighted by atomic mass is 79.9. The Kier molecular flexibility index (Phi) is 9.72. The summed E-state index contributed by atoms with van der Waals surface area (Å²) in [7, 11) is 0. The molecule has 0 fully saturated rings. The predicted octanol–water partition coefficient (Wildman–Crippen LogP) is 3.99. The molecule has 2 atom stereocenters. The molecule has 0 heterocycles. The molecule has 1 aromatic rings. The molecule has 0 saturated heterocycles. The molecule has 21 heavy (non-hydrogen) atoms. The average Bonchev–Trinajstić information content (AvgIpc) is 2.48. The molecule has 0 aliphatic heterocycles. The second-order valence-corrected chi connectivity index (χ2v) is 6.41. The number of rotatable bonds is 11. The van der Waals surface area contributed by atoms with E-state index < -0.39 is 6.10 Å². The molecule has 0 spiro atoms. The molecular formula is C17H28BrNO2. The fourth-order valence-electron chi connectivity index (χ4n) is 2.21. The Labute approximate surface area is 137 Å². The van der Waals surface area contributed by atoms with E-state index in [1.165, 1.54) is 25.7 Å². The Balaban J connectivity index is 2.17. The summed E-state index contributed by atoms with van der Waals surface area (Å²) in [4.78, 5) is 0. The number of aliphatic hydroxyl groups is 1. The normalized spacial score (nSPS) is 13.9. The van der Waals surface area contributed by atoms with Crippen LogP contribution in [0.2, 0.25) is 0 Å². The van der Waals surface area contributed by atoms with E-state index in [1.54, 1.807) is 0 Å². The van der Waals surface area contributed by atoms with Crippen LogP contribution in [0.15, 0.2) is 28.7 Å². The van der Waals surface area contributed by atoms with Gasteiger partial charge >= 0.3 is 0 Å². The summed E-state index contributed by atoms with van der Waals surface area (Å²) < 4.78 is 6.56. The second kappa shape index (κ2) is 11.0. The lowest BCUT2D eigenvalue weighted by molar-refractivity contribution is 0.105. The summed E-state index contributed by atoms with van der Waals surface area (Å²) in [5.74, 6) is 1.49. The number of halogens is 1. The van der Waals surface area contributed by atoms with E-state index in [0.717, 1.165) is 16.8 Å². The van der Waals surface area contributed by atoms with Crippen molar-refractivity contribution in [2.75, 3.05) is 19.7 Å². The fourth-order valence-corrected chi connectivity index (χ4v) is 2.58. The van der Waals surface area contributed by atoms with E-state index >= 15 is 0 Å². The Bertz CT molecular complexity index is 387. The molecule has 120 valence electrons. The standard InChI is InChI=1S/C17H28BrNO2/c1-3-5-7-14(4-2)11-19-12-16(20)13-21-17-9-6-8-15(18)10-17/h6,8-10,14,16,19-20H,3-5,7,11-13H2,1-2H3. The third-order valence-corrected chi connectivity index (χ3v) is 4.09. The zero-order chi connectivity index (χ0) is 15.5. The lowest BCUT2D eigenvalue weighted by atomic mass is 9.99. The number of aliphatic hydroxyl groups excluding tert-OH is 1. The van der Waals surface area contributed by atoms with Crippen molar-refractivity contribution in [3.05, 3.63) is 28.7 Å². The van der Waals surface area contributed by atoms with Crippen LogP contribution in [0.5, 0.6) is 5.75 Å². The summed E-state index contributed by atoms with van der Waals surface area (Å²) in [6.07, 6.45) is 4.52. The molecule has 0 saturated carbocycles. The highest BCUT2D eigenvalue weighted by Gasteiger charge is 2.08. The van der Waals surface area contributed by atoms with Gasteiger partial charge in [-0.15, -0.1) is 0 Å². The SMILES string of the molecule is CCCCC(CC)CNCC(O)COc1cccc(Br)c1. The highest BCUT2D eigenvalue weighted by molar-refractivity contribution is 9.10. The van der Waals surface area contributed by atoms with Crippen molar-refractivity contribution in [3.63, 3.8) is 0 Å². The van der Waals surface area contributed by atoms with Crippen LogP contribution in [0.1, 0.15) is 39.5 Å². The Hall–Kier alpha value is -0.580. The quantitative estimate of drug-likeness (QED) is 0.628. The largest absolute Gasteiger partial charge is 0.491 e. The van der Waals surface area contributed by atoms with Gasteiger partial charge in [0.2, 0.25) is 0 Å². The zero-order valence-electron chi connectivity index (χ0n) is 13.1. The topological polar surface area (TPSA) is 41.5 Å². The zero-order valence-corrected chi connectivity index (χ0v) is 14.7. The number of benzene rings is 1. The molecule has 1 rings (SSSR count). The first-order valence-electron chi connectivity index (χ1n) is 7.92. The summed E-state index contributed by atoms with van der Waals surface area (Å²) in [6.45, 7) is 6.33. The maximum atomic E-state index is 9.94. The Morgan fingerprint density at radius 3 is 2.76 bits per heavy atom. The minimum Gasteiger partial charge on any atom is -0.491 e. The fraction of sp³-hybridized carbons (Fsp3) is 0.647. The van der Waals surface area contributed by atoms with Gasteiger partial charge in [0.05, 0.1) is 0 Å². The van der Waals surface area contributed by atoms with Crippen molar-refractivity contribution in [3.8, 4) is 5.75 Å². The summed E-state index contributed by atoms with van der Waals surface area (Å²) >= 11 is 3.40. The van der Waals surface area contributed by atoms with Gasteiger partial charge in [-0.2, -0.15) is 0 Å². The van der Waals surface area contributed by atoms with Gasteiger partial charge in [-0.1, -0.05) is 55.1 Å². The molecule has 2 unspecified atom stereocenters. The van der Waals surface area contributed by atoms with Crippen molar-refractivity contribution >= 4 is 15.9 Å². The van der Waals surface area contributed by atoms with Gasteiger partial charge in [-0.3, -0.25) is 0 Å². The van der Waals surface area contributed by atoms with Crippen LogP contribution in [-0.4, -0.2) is 30.9 Å². The van der Waals surface area contributed by atoms with Crippen LogP contribution in [0.25, 0.3) is 0 Å². The predicted molar refractivity (Wildman–Crippen MR) is 91.8 cm³/mol. The van der Waals surface area contributed by atoms with Gasteiger partial charge in [0.15, 0.2) is 0 Å². The summed E-state index contributed by atoms with van der Waals surface area (Å²) in [5.41, 5.74) is 0. The van der Waals surface area contributed by atoms with Crippen LogP contribution in [0.3, 0.4) is 0 Å². The van der Waals surface area contributed by atoms with Crippen LogP contribution in [0.4, 0.5) is 0 Å². The highest BCUT2D eigenvalue weighted by Crippen LogP contribution is 2.17. The van der Waals surface area contributed by atoms with Gasteiger partial charge in [0, 0.05) is 11.0 Å². The first kappa shape index (κ1) is 18.5. The maximum absolute atomic E-state index is 9.94. The minimum atomic E-state index is -0.479. The maximum Gasteiger partial charge on any atom is 0.120 e. The smallest absolute Gasteiger partial charge is 0.120 e. The monoisotopic (exact) mass is 357 g/mol. The molecule has 0 radical (unpaired) electrons. The molecule has 0 aliphatic carbocycles. The molecule has 4 heteroatoms. The Morgan fingerprint density at radius 2 is 2.10 bits per heavy atom. The van der Waals surface area contributed by atoms with E-state index in [4.69, 9.17) is 4.74 Å². The first-order chi connectivity index (χ1) is 10.2. The van der Waals surface area contributed by atoms with Crippen molar-refractivity contribution in [2.24, 2.45) is 5.92 Å². The third kappa shape index (κ3) is 8.44. The molecule has 1 aromatic carbocycles. The number of ether oxygens (including phenoxy) is 1. The summed E-state index contributed by atoms with van der Waals surface area (Å²) in [5, 5.41) is 13.3. The number of hydrogen-bond acceptors (Lipinski definition) is 3. The van der Waals surface area contributed by atoms with E-state index in [0.29, 0.717) is 19.1 Å². The molecule has 0 aromatic heterocycles. The van der Waals surface area contributed by atoms with E-state index in [9.17, 15) is 5.11 Å². The second-order valence-electron chi connectivity index (χ2n) is 5.50. The van der Waals surface area contributed by atoms with Crippen molar-refractivity contribution in [1.29, 1.82) is 0 Å². The van der Waals surface area contributed by atoms with Crippen molar-refractivity contribution < 1.29 is 9.84 Å². The van der Waals surface area contributed by atoms with Gasteiger partial charge in [-0.25, -0.2) is 0 Å². The lowest BCUT2D eigenvalue weighted by Crippen LogP contribution is -2.34. The van der Waals surface area contributed by atoms with Crippen LogP contribution < -0.4 is 10.1 Å². The molecule has 0 aliphatic rings. The molecule has 0 amide bonds. The molecule has 3 nitrogen and oxygen atoms in total. The van der Waals surface area contributed by atoms with Crippen molar-refractivity contribution in [2.45, 2.75) is 45.6 Å². The van der Waals surface area contributed by atoms with E-state index in [1.807, 2.05) is 24.3 Å². The lowest BCUT2D eigenvalue weighted by Gasteiger charge is -2.17. The van der Waals surface area contributed by atoms with E-state index in [2.05, 4.69) is 35.1 Å². The minimum absolute atomic E-state index is 0.315. The average molecular weight is 358 g/mol. The van der Waals surface area contributed by atoms with E-state index in [-0.39, 0.29) is 0 Å². The van der Waals surface area contributed by atoms with Gasteiger partial charge in [-0.05, 0) is 37.1 Å². The van der Waals surface area contributed by atoms with Crippen LogP contribution >= 0.6 is 15.9 Å². The van der Waals surface area contributed by atoms with Crippen molar-refractivity contribution in [1.82, 2.24) is 5.32 Å². The molecule has 0 bridgehead atoms. The number of hydrogen-bond donors (Lipinski definition) is 2. The van der Waals surface area contributed by atoms with Gasteiger partial charge in [0.1, 0.15) is 18.5 Å². The first-order valence-corrected chi connectivity index (χ1v) is 8.72. The third-order valence-electron chi connectivity index (χ3n) is 3.59. The van der Waals surface area contributed by atoms with Crippen LogP contribution in [-0.2, 0) is 0 Å². The molecule has 2 N–H and O–H groups in total. The molecular weight excluding hydrogens is 330 g/mol. The van der Waals surface area contributed by atoms with Gasteiger partial charge in [0.25, 0.3) is 0 Å². The van der Waals surface area contributed by atoms with Crippen LogP contribution in [0, 0.1) is 5.92 Å². The summed E-state index contributed by atoms with van der Waals surface area (Å²) in [6, 6.07) is 7.66.